The standard InChI is InChI=1S/C18H30FN7O6P/c1-9(2)31-17(28)10(3)25-33(29)30-7-12(11(4)27)32-13(6-19)26-8-22-14-15(21-5)23-18(20)24-16(14)26/h8-13,27H,6-7H2,1-5H3,(H,25,29)(H3,20,21,23,24)/q+1/t10-,11-,12?,13+/m0/s1. The van der Waals surface area contributed by atoms with Crippen LogP contribution < -0.4 is 16.1 Å². The normalized spacial score (nSPS) is 15.8. The largest absolute Gasteiger partial charge is 0.613 e. The van der Waals surface area contributed by atoms with Crippen molar-refractivity contribution in [2.24, 2.45) is 0 Å². The molecule has 13 nitrogen and oxygen atoms in total. The molecule has 2 aromatic heterocycles. The number of alkyl halides is 1. The first kappa shape index (κ1) is 26.7. The zero-order chi connectivity index (χ0) is 24.7. The van der Waals surface area contributed by atoms with Crippen molar-refractivity contribution in [1.29, 1.82) is 0 Å². The number of carbonyl (C=O) groups excluding carboxylic acids is 1. The number of hydrogen-bond acceptors (Lipinski definition) is 11. The van der Waals surface area contributed by atoms with Crippen LogP contribution in [0.15, 0.2) is 6.33 Å². The molecular weight excluding hydrogens is 460 g/mol. The minimum atomic E-state index is -2.50. The average Bonchev–Trinajstić information content (AvgIpc) is 3.16. The molecule has 2 aromatic rings. The zero-order valence-electron chi connectivity index (χ0n) is 19.1. The fourth-order valence-corrected chi connectivity index (χ4v) is 3.49. The van der Waals surface area contributed by atoms with E-state index in [1.807, 2.05) is 0 Å². The fourth-order valence-electron chi connectivity index (χ4n) is 2.71. The second-order valence-electron chi connectivity index (χ2n) is 7.42. The van der Waals surface area contributed by atoms with Gasteiger partial charge in [-0.25, -0.2) is 9.37 Å². The number of rotatable bonds is 13. The Bertz CT molecular complexity index is 960. The number of nitrogen functional groups attached to an aromatic ring is 1. The maximum atomic E-state index is 13.9. The van der Waals surface area contributed by atoms with Gasteiger partial charge in [0.1, 0.15) is 25.4 Å². The fraction of sp³-hybridized carbons (Fsp3) is 0.667. The van der Waals surface area contributed by atoms with Gasteiger partial charge >= 0.3 is 14.1 Å². The summed E-state index contributed by atoms with van der Waals surface area (Å²) in [5.41, 5.74) is 6.30. The number of imidazole rings is 1. The second kappa shape index (κ2) is 12.1. The number of halogens is 1. The third-order valence-corrected chi connectivity index (χ3v) is 5.33. The zero-order valence-corrected chi connectivity index (χ0v) is 20.0. The van der Waals surface area contributed by atoms with Crippen molar-refractivity contribution in [3.8, 4) is 0 Å². The van der Waals surface area contributed by atoms with E-state index in [4.69, 9.17) is 19.7 Å². The van der Waals surface area contributed by atoms with Gasteiger partial charge in [-0.15, -0.1) is 4.52 Å². The lowest BCUT2D eigenvalue weighted by atomic mass is 10.2. The van der Waals surface area contributed by atoms with Crippen molar-refractivity contribution < 1.29 is 32.9 Å². The van der Waals surface area contributed by atoms with E-state index in [1.165, 1.54) is 24.7 Å². The van der Waals surface area contributed by atoms with Gasteiger partial charge in [0, 0.05) is 7.05 Å². The molecule has 0 radical (unpaired) electrons. The van der Waals surface area contributed by atoms with E-state index in [9.17, 15) is 18.9 Å². The van der Waals surface area contributed by atoms with Crippen molar-refractivity contribution in [3.05, 3.63) is 6.33 Å². The summed E-state index contributed by atoms with van der Waals surface area (Å²) in [6.07, 6.45) is -2.41. The Balaban J connectivity index is 2.07. The maximum Gasteiger partial charge on any atom is 0.613 e. The number of nitrogens with two attached hydrogens (primary N) is 1. The highest BCUT2D eigenvalue weighted by Crippen LogP contribution is 2.26. The van der Waals surface area contributed by atoms with Crippen LogP contribution in [0.3, 0.4) is 0 Å². The molecule has 0 aromatic carbocycles. The molecule has 0 spiro atoms. The summed E-state index contributed by atoms with van der Waals surface area (Å²) in [5, 5.41) is 15.4. The van der Waals surface area contributed by atoms with Crippen molar-refractivity contribution in [2.45, 2.75) is 58.3 Å². The molecular formula is C18H30FN7O6P+. The minimum absolute atomic E-state index is 0.0465. The van der Waals surface area contributed by atoms with Gasteiger partial charge in [0.15, 0.2) is 23.2 Å². The number of carbonyl (C=O) groups is 1. The summed E-state index contributed by atoms with van der Waals surface area (Å²) in [6, 6.07) is -0.885. The average molecular weight is 490 g/mol. The topological polar surface area (TPSA) is 176 Å². The van der Waals surface area contributed by atoms with Gasteiger partial charge in [-0.2, -0.15) is 9.97 Å². The molecule has 184 valence electrons. The Kier molecular flexibility index (Phi) is 9.80. The van der Waals surface area contributed by atoms with Crippen LogP contribution in [0.5, 0.6) is 0 Å². The number of esters is 1. The third-order valence-electron chi connectivity index (χ3n) is 4.35. The monoisotopic (exact) mass is 490 g/mol. The van der Waals surface area contributed by atoms with E-state index in [0.717, 1.165) is 0 Å². The van der Waals surface area contributed by atoms with E-state index in [1.54, 1.807) is 20.9 Å². The predicted octanol–water partition coefficient (Wildman–Crippen LogP) is 1.29. The third kappa shape index (κ3) is 7.24. The van der Waals surface area contributed by atoms with E-state index >= 15 is 0 Å². The summed E-state index contributed by atoms with van der Waals surface area (Å²) in [5.74, 6) is -0.279. The first-order chi connectivity index (χ1) is 15.6. The Morgan fingerprint density at radius 1 is 1.33 bits per heavy atom. The molecule has 5 atom stereocenters. The van der Waals surface area contributed by atoms with Crippen molar-refractivity contribution in [3.63, 3.8) is 0 Å². The number of aliphatic hydroxyl groups is 1. The van der Waals surface area contributed by atoms with Gasteiger partial charge in [0.05, 0.1) is 18.5 Å². The molecule has 2 rings (SSSR count). The van der Waals surface area contributed by atoms with Crippen LogP contribution in [0.4, 0.5) is 16.2 Å². The van der Waals surface area contributed by atoms with Crippen LogP contribution in [0, 0.1) is 0 Å². The van der Waals surface area contributed by atoms with Gasteiger partial charge in [0.25, 0.3) is 0 Å². The molecule has 0 aliphatic rings. The molecule has 0 saturated heterocycles. The summed E-state index contributed by atoms with van der Waals surface area (Å²) < 4.78 is 43.3. The van der Waals surface area contributed by atoms with Crippen molar-refractivity contribution >= 4 is 37.1 Å². The predicted molar refractivity (Wildman–Crippen MR) is 118 cm³/mol. The van der Waals surface area contributed by atoms with Crippen LogP contribution in [-0.2, 0) is 23.4 Å². The Labute approximate surface area is 191 Å². The number of aromatic nitrogens is 4. The van der Waals surface area contributed by atoms with Gasteiger partial charge < -0.3 is 25.6 Å². The number of nitrogens with one attached hydrogen (secondary N) is 2. The van der Waals surface area contributed by atoms with Gasteiger partial charge in [-0.3, -0.25) is 9.36 Å². The summed E-state index contributed by atoms with van der Waals surface area (Å²) in [6.45, 7) is 4.93. The number of anilines is 2. The van der Waals surface area contributed by atoms with Crippen LogP contribution in [0.2, 0.25) is 0 Å². The van der Waals surface area contributed by atoms with Gasteiger partial charge in [-0.05, 0) is 32.3 Å². The van der Waals surface area contributed by atoms with E-state index in [-0.39, 0.29) is 24.3 Å². The summed E-state index contributed by atoms with van der Waals surface area (Å²) in [4.78, 5) is 24.1. The summed E-state index contributed by atoms with van der Waals surface area (Å²) >= 11 is 0. The van der Waals surface area contributed by atoms with E-state index < -0.39 is 45.3 Å². The first-order valence-corrected chi connectivity index (χ1v) is 11.4. The van der Waals surface area contributed by atoms with E-state index in [0.29, 0.717) is 11.3 Å². The first-order valence-electron chi connectivity index (χ1n) is 10.2. The quantitative estimate of drug-likeness (QED) is 0.234. The molecule has 0 bridgehead atoms. The van der Waals surface area contributed by atoms with Crippen molar-refractivity contribution in [2.75, 3.05) is 31.4 Å². The second-order valence-corrected chi connectivity index (χ2v) is 8.45. The maximum absolute atomic E-state index is 13.9. The van der Waals surface area contributed by atoms with Crippen LogP contribution >= 0.6 is 8.18 Å². The smallest absolute Gasteiger partial charge is 0.462 e. The number of hydrogen-bond donors (Lipinski definition) is 4. The number of nitrogens with zero attached hydrogens (tertiary/aromatic N) is 4. The lowest BCUT2D eigenvalue weighted by Crippen LogP contribution is -2.36. The Morgan fingerprint density at radius 2 is 2.03 bits per heavy atom. The molecule has 2 unspecified atom stereocenters. The molecule has 0 aliphatic carbocycles. The molecule has 0 amide bonds. The number of aliphatic hydroxyl groups excluding tert-OH is 1. The Hall–Kier alpha value is -2.51. The van der Waals surface area contributed by atoms with Crippen LogP contribution in [-0.4, -0.2) is 75.3 Å². The molecule has 5 N–H and O–H groups in total. The van der Waals surface area contributed by atoms with Crippen LogP contribution in [0.25, 0.3) is 11.2 Å². The number of ether oxygens (including phenoxy) is 2. The number of fused-ring (bicyclic) bond motifs is 1. The molecule has 2 heterocycles. The lowest BCUT2D eigenvalue weighted by Gasteiger charge is -2.24. The molecule has 15 heteroatoms. The summed E-state index contributed by atoms with van der Waals surface area (Å²) in [7, 11) is -0.871. The molecule has 0 fully saturated rings. The van der Waals surface area contributed by atoms with Gasteiger partial charge in [0.2, 0.25) is 5.95 Å². The SMILES string of the molecule is CNc1nc(N)nc2c1ncn2[C@@H](CF)OC(CO[P+](=O)N[C@@H](C)C(=O)OC(C)C)[C@H](C)O. The lowest BCUT2D eigenvalue weighted by molar-refractivity contribution is -0.149. The van der Waals surface area contributed by atoms with Crippen LogP contribution in [0.1, 0.15) is 33.9 Å². The molecule has 33 heavy (non-hydrogen) atoms. The van der Waals surface area contributed by atoms with Gasteiger partial charge in [-0.1, -0.05) is 5.09 Å². The highest BCUT2D eigenvalue weighted by molar-refractivity contribution is 7.36. The Morgan fingerprint density at radius 3 is 2.61 bits per heavy atom. The molecule has 0 aliphatic heterocycles. The molecule has 0 saturated carbocycles. The highest BCUT2D eigenvalue weighted by atomic mass is 31.1. The highest BCUT2D eigenvalue weighted by Gasteiger charge is 2.32. The minimum Gasteiger partial charge on any atom is -0.462 e. The van der Waals surface area contributed by atoms with E-state index in [2.05, 4.69) is 25.4 Å². The van der Waals surface area contributed by atoms with Crippen molar-refractivity contribution in [1.82, 2.24) is 24.6 Å².